The second-order valence-corrected chi connectivity index (χ2v) is 5.70. The van der Waals surface area contributed by atoms with Crippen molar-refractivity contribution >= 4 is 23.4 Å². The third-order valence-electron chi connectivity index (χ3n) is 3.85. The molecule has 11 heteroatoms. The first-order valence-electron chi connectivity index (χ1n) is 8.45. The summed E-state index contributed by atoms with van der Waals surface area (Å²) in [6.07, 6.45) is -3.89. The molecule has 1 amide bonds. The number of nitrogens with zero attached hydrogens (tertiary/aromatic N) is 2. The van der Waals surface area contributed by atoms with Crippen LogP contribution in [0.4, 0.5) is 30.6 Å². The molecule has 8 nitrogen and oxygen atoms in total. The quantitative estimate of drug-likeness (QED) is 0.714. The van der Waals surface area contributed by atoms with E-state index in [0.29, 0.717) is 24.0 Å². The Kier molecular flexibility index (Phi) is 5.43. The van der Waals surface area contributed by atoms with Crippen LogP contribution in [-0.2, 0) is 6.18 Å². The Balaban J connectivity index is 1.96. The lowest BCUT2D eigenvalue weighted by Gasteiger charge is -2.23. The first-order valence-corrected chi connectivity index (χ1v) is 8.45. The van der Waals surface area contributed by atoms with Gasteiger partial charge in [-0.25, -0.2) is 4.98 Å². The van der Waals surface area contributed by atoms with Crippen molar-refractivity contribution in [1.29, 1.82) is 0 Å². The maximum Gasteiger partial charge on any atom is 0.421 e. The summed E-state index contributed by atoms with van der Waals surface area (Å²) in [5, 5.41) is 7.91. The molecular formula is C17H18F3N5O3. The molecule has 1 aliphatic heterocycles. The van der Waals surface area contributed by atoms with E-state index in [1.54, 1.807) is 13.0 Å². The number of halogens is 3. The molecule has 0 bridgehead atoms. The third kappa shape index (κ3) is 3.87. The number of ether oxygens (including phenoxy) is 2. The van der Waals surface area contributed by atoms with Gasteiger partial charge in [0.1, 0.15) is 24.6 Å². The van der Waals surface area contributed by atoms with E-state index in [4.69, 9.17) is 9.47 Å². The maximum absolute atomic E-state index is 13.0. The molecule has 150 valence electrons. The second kappa shape index (κ2) is 7.79. The van der Waals surface area contributed by atoms with Gasteiger partial charge in [0, 0.05) is 19.8 Å². The molecule has 0 saturated heterocycles. The SMILES string of the molecule is CCNC(=O)c1ccc(Nc2ncc(C(F)(F)F)c(NC)n2)c2c1OCCO2. The van der Waals surface area contributed by atoms with E-state index >= 15 is 0 Å². The summed E-state index contributed by atoms with van der Waals surface area (Å²) < 4.78 is 50.2. The molecule has 3 N–H and O–H groups in total. The van der Waals surface area contributed by atoms with Gasteiger partial charge in [0.05, 0.1) is 11.3 Å². The number of benzene rings is 1. The van der Waals surface area contributed by atoms with Gasteiger partial charge in [-0.1, -0.05) is 0 Å². The molecule has 2 aromatic rings. The van der Waals surface area contributed by atoms with E-state index < -0.39 is 11.7 Å². The lowest BCUT2D eigenvalue weighted by molar-refractivity contribution is -0.137. The summed E-state index contributed by atoms with van der Waals surface area (Å²) in [5.41, 5.74) is -0.315. The fourth-order valence-electron chi connectivity index (χ4n) is 2.63. The van der Waals surface area contributed by atoms with E-state index in [2.05, 4.69) is 25.9 Å². The lowest BCUT2D eigenvalue weighted by Crippen LogP contribution is -2.25. The summed E-state index contributed by atoms with van der Waals surface area (Å²) in [4.78, 5) is 19.8. The molecule has 2 heterocycles. The number of rotatable bonds is 5. The van der Waals surface area contributed by atoms with Gasteiger partial charge in [-0.3, -0.25) is 4.79 Å². The van der Waals surface area contributed by atoms with Gasteiger partial charge in [-0.15, -0.1) is 0 Å². The molecule has 0 aliphatic carbocycles. The zero-order chi connectivity index (χ0) is 20.3. The summed E-state index contributed by atoms with van der Waals surface area (Å²) in [5.74, 6) is -0.235. The Hall–Kier alpha value is -3.24. The molecule has 0 spiro atoms. The highest BCUT2D eigenvalue weighted by Gasteiger charge is 2.35. The monoisotopic (exact) mass is 397 g/mol. The van der Waals surface area contributed by atoms with Crippen LogP contribution in [0, 0.1) is 0 Å². The van der Waals surface area contributed by atoms with Crippen molar-refractivity contribution in [3.63, 3.8) is 0 Å². The molecule has 1 aromatic carbocycles. The normalized spacial score (nSPS) is 13.0. The van der Waals surface area contributed by atoms with Crippen LogP contribution in [-0.4, -0.2) is 42.7 Å². The number of amides is 1. The molecule has 0 unspecified atom stereocenters. The standard InChI is InChI=1S/C17H18F3N5O3/c1-3-22-15(26)9-4-5-11(13-12(9)27-6-7-28-13)24-16-23-8-10(17(18,19)20)14(21-2)25-16/h4-5,8H,3,6-7H2,1-2H3,(H,22,26)(H2,21,23,24,25). The molecule has 3 rings (SSSR count). The number of carbonyl (C=O) groups is 1. The van der Waals surface area contributed by atoms with E-state index in [0.717, 1.165) is 0 Å². The molecule has 28 heavy (non-hydrogen) atoms. The van der Waals surface area contributed by atoms with Crippen LogP contribution in [0.25, 0.3) is 0 Å². The first kappa shape index (κ1) is 19.5. The average Bonchev–Trinajstić information content (AvgIpc) is 2.67. The molecule has 0 atom stereocenters. The zero-order valence-electron chi connectivity index (χ0n) is 15.1. The Morgan fingerprint density at radius 1 is 1.21 bits per heavy atom. The number of hydrogen-bond donors (Lipinski definition) is 3. The van der Waals surface area contributed by atoms with E-state index in [-0.39, 0.29) is 42.4 Å². The fourth-order valence-corrected chi connectivity index (χ4v) is 2.63. The zero-order valence-corrected chi connectivity index (χ0v) is 15.1. The highest BCUT2D eigenvalue weighted by atomic mass is 19.4. The minimum atomic E-state index is -4.58. The minimum Gasteiger partial charge on any atom is -0.485 e. The van der Waals surface area contributed by atoms with Gasteiger partial charge in [0.15, 0.2) is 11.5 Å². The van der Waals surface area contributed by atoms with Crippen molar-refractivity contribution in [3.05, 3.63) is 29.5 Å². The predicted molar refractivity (Wildman–Crippen MR) is 95.3 cm³/mol. The summed E-state index contributed by atoms with van der Waals surface area (Å²) >= 11 is 0. The lowest BCUT2D eigenvalue weighted by atomic mass is 10.1. The van der Waals surface area contributed by atoms with E-state index in [1.165, 1.54) is 13.1 Å². The van der Waals surface area contributed by atoms with E-state index in [9.17, 15) is 18.0 Å². The van der Waals surface area contributed by atoms with Crippen LogP contribution in [0.2, 0.25) is 0 Å². The molecule has 0 radical (unpaired) electrons. The maximum atomic E-state index is 13.0. The molecule has 0 fully saturated rings. The molecular weight excluding hydrogens is 379 g/mol. The number of hydrogen-bond acceptors (Lipinski definition) is 7. The Labute approximate surface area is 158 Å². The van der Waals surface area contributed by atoms with Crippen molar-refractivity contribution in [2.24, 2.45) is 0 Å². The number of fused-ring (bicyclic) bond motifs is 1. The smallest absolute Gasteiger partial charge is 0.421 e. The first-order chi connectivity index (χ1) is 13.3. The molecule has 0 saturated carbocycles. The minimum absolute atomic E-state index is 0.0699. The van der Waals surface area contributed by atoms with Crippen molar-refractivity contribution in [2.75, 3.05) is 37.4 Å². The van der Waals surface area contributed by atoms with Gasteiger partial charge >= 0.3 is 6.18 Å². The van der Waals surface area contributed by atoms with Crippen LogP contribution in [0.3, 0.4) is 0 Å². The molecule has 1 aromatic heterocycles. The highest BCUT2D eigenvalue weighted by molar-refractivity contribution is 5.99. The largest absolute Gasteiger partial charge is 0.485 e. The predicted octanol–water partition coefficient (Wildman–Crippen LogP) is 2.80. The number of aromatic nitrogens is 2. The van der Waals surface area contributed by atoms with Gasteiger partial charge in [-0.05, 0) is 19.1 Å². The Morgan fingerprint density at radius 2 is 1.93 bits per heavy atom. The van der Waals surface area contributed by atoms with Crippen molar-refractivity contribution in [1.82, 2.24) is 15.3 Å². The van der Waals surface area contributed by atoms with Gasteiger partial charge in [0.25, 0.3) is 5.91 Å². The summed E-state index contributed by atoms with van der Waals surface area (Å²) in [6.45, 7) is 2.76. The number of anilines is 3. The highest BCUT2D eigenvalue weighted by Crippen LogP contribution is 2.42. The average molecular weight is 397 g/mol. The topological polar surface area (TPSA) is 97.4 Å². The van der Waals surface area contributed by atoms with Gasteiger partial charge < -0.3 is 25.4 Å². The fraction of sp³-hybridized carbons (Fsp3) is 0.353. The Morgan fingerprint density at radius 3 is 2.57 bits per heavy atom. The number of alkyl halides is 3. The van der Waals surface area contributed by atoms with Crippen LogP contribution in [0.15, 0.2) is 18.3 Å². The second-order valence-electron chi connectivity index (χ2n) is 5.70. The summed E-state index contributed by atoms with van der Waals surface area (Å²) in [7, 11) is 1.33. The number of carbonyl (C=O) groups excluding carboxylic acids is 1. The van der Waals surface area contributed by atoms with Gasteiger partial charge in [-0.2, -0.15) is 18.2 Å². The van der Waals surface area contributed by atoms with Crippen LogP contribution < -0.4 is 25.4 Å². The Bertz CT molecular complexity index is 889. The van der Waals surface area contributed by atoms with E-state index in [1.807, 2.05) is 0 Å². The van der Waals surface area contributed by atoms with Crippen molar-refractivity contribution in [3.8, 4) is 11.5 Å². The molecule has 1 aliphatic rings. The van der Waals surface area contributed by atoms with Crippen molar-refractivity contribution in [2.45, 2.75) is 13.1 Å². The van der Waals surface area contributed by atoms with Crippen LogP contribution in [0.1, 0.15) is 22.8 Å². The number of nitrogens with one attached hydrogen (secondary N) is 3. The summed E-state index contributed by atoms with van der Waals surface area (Å²) in [6, 6.07) is 3.09. The van der Waals surface area contributed by atoms with Crippen LogP contribution >= 0.6 is 0 Å². The van der Waals surface area contributed by atoms with Gasteiger partial charge in [0.2, 0.25) is 5.95 Å². The third-order valence-corrected chi connectivity index (χ3v) is 3.85. The van der Waals surface area contributed by atoms with Crippen LogP contribution in [0.5, 0.6) is 11.5 Å². The van der Waals surface area contributed by atoms with Crippen molar-refractivity contribution < 1.29 is 27.4 Å².